The third-order valence-electron chi connectivity index (χ3n) is 7.42. The fourth-order valence-corrected chi connectivity index (χ4v) is 5.34. The first kappa shape index (κ1) is 24.9. The Morgan fingerprint density at radius 1 is 0.692 bits per heavy atom. The Balaban J connectivity index is 1.21. The van der Waals surface area contributed by atoms with Crippen molar-refractivity contribution in [2.45, 2.75) is 38.5 Å². The van der Waals surface area contributed by atoms with E-state index in [0.717, 1.165) is 74.8 Å². The third kappa shape index (κ3) is 5.57. The van der Waals surface area contributed by atoms with Gasteiger partial charge in [0.05, 0.1) is 5.56 Å². The van der Waals surface area contributed by atoms with E-state index in [1.54, 1.807) is 12.1 Å². The fourth-order valence-electron chi connectivity index (χ4n) is 5.34. The predicted octanol–water partition coefficient (Wildman–Crippen LogP) is 5.71. The van der Waals surface area contributed by atoms with Crippen LogP contribution in [-0.2, 0) is 0 Å². The van der Waals surface area contributed by atoms with E-state index in [9.17, 15) is 9.90 Å². The van der Waals surface area contributed by atoms with Gasteiger partial charge >= 0.3 is 0 Å². The number of aromatic hydroxyl groups is 1. The van der Waals surface area contributed by atoms with Crippen LogP contribution in [0, 0.1) is 0 Å². The molecular weight excluding hydrogens is 490 g/mol. The average Bonchev–Trinajstić information content (AvgIpc) is 2.99. The lowest BCUT2D eigenvalue weighted by Gasteiger charge is -2.30. The van der Waals surface area contributed by atoms with Gasteiger partial charge in [-0.25, -0.2) is 0 Å². The molecule has 4 aromatic rings. The van der Waals surface area contributed by atoms with Crippen LogP contribution in [0.1, 0.15) is 48.9 Å². The number of piperidine rings is 2. The number of nitrogens with zero attached hydrogens (tertiary/aromatic N) is 5. The van der Waals surface area contributed by atoms with Crippen LogP contribution in [0.4, 0.5) is 29.2 Å². The van der Waals surface area contributed by atoms with Gasteiger partial charge in [-0.05, 0) is 79.6 Å². The summed E-state index contributed by atoms with van der Waals surface area (Å²) in [6.45, 7) is 3.85. The van der Waals surface area contributed by atoms with Crippen LogP contribution >= 0.6 is 0 Å². The SMILES string of the molecule is O=C(Nc1ccc(Nc2nc(N3CCCCC3)nc(N3CCCCC3)n2)cc1)c1c(O)ccc2ccccc12. The molecule has 3 aromatic carbocycles. The van der Waals surface area contributed by atoms with E-state index >= 15 is 0 Å². The molecule has 0 saturated carbocycles. The van der Waals surface area contributed by atoms with Crippen molar-refractivity contribution in [3.63, 3.8) is 0 Å². The van der Waals surface area contributed by atoms with Crippen molar-refractivity contribution >= 4 is 45.9 Å². The second-order valence-corrected chi connectivity index (χ2v) is 10.2. The number of phenols is 1. The maximum absolute atomic E-state index is 13.1. The minimum absolute atomic E-state index is 0.0478. The molecule has 6 rings (SSSR count). The first-order valence-corrected chi connectivity index (χ1v) is 13.8. The van der Waals surface area contributed by atoms with E-state index in [1.165, 1.54) is 12.8 Å². The summed E-state index contributed by atoms with van der Waals surface area (Å²) in [6, 6.07) is 18.3. The standard InChI is InChI=1S/C30H33N7O2/c38-25-16-11-21-9-3-4-10-24(21)26(25)27(39)31-22-12-14-23(15-13-22)32-28-33-29(36-17-5-1-6-18-36)35-30(34-28)37-19-7-2-8-20-37/h3-4,9-16,38H,1-2,5-8,17-20H2,(H,31,39)(H,32,33,34,35). The Kier molecular flexibility index (Phi) is 7.12. The number of anilines is 5. The zero-order valence-corrected chi connectivity index (χ0v) is 21.9. The van der Waals surface area contributed by atoms with Gasteiger partial charge in [0, 0.05) is 37.6 Å². The molecule has 9 nitrogen and oxygen atoms in total. The van der Waals surface area contributed by atoms with Gasteiger partial charge in [0.2, 0.25) is 17.8 Å². The van der Waals surface area contributed by atoms with Crippen LogP contribution in [0.5, 0.6) is 5.75 Å². The number of amides is 1. The van der Waals surface area contributed by atoms with Gasteiger partial charge in [-0.1, -0.05) is 30.3 Å². The van der Waals surface area contributed by atoms with E-state index in [0.29, 0.717) is 17.0 Å². The maximum atomic E-state index is 13.1. The minimum Gasteiger partial charge on any atom is -0.507 e. The van der Waals surface area contributed by atoms with Crippen molar-refractivity contribution in [1.29, 1.82) is 0 Å². The van der Waals surface area contributed by atoms with E-state index in [-0.39, 0.29) is 17.2 Å². The summed E-state index contributed by atoms with van der Waals surface area (Å²) in [5.41, 5.74) is 1.69. The van der Waals surface area contributed by atoms with Gasteiger partial charge in [-0.3, -0.25) is 4.79 Å². The van der Waals surface area contributed by atoms with Crippen molar-refractivity contribution in [2.75, 3.05) is 46.6 Å². The molecule has 2 aliphatic rings. The molecule has 2 fully saturated rings. The van der Waals surface area contributed by atoms with Gasteiger partial charge in [-0.2, -0.15) is 15.0 Å². The predicted molar refractivity (Wildman–Crippen MR) is 155 cm³/mol. The molecule has 200 valence electrons. The summed E-state index contributed by atoms with van der Waals surface area (Å²) in [6.07, 6.45) is 7.09. The van der Waals surface area contributed by atoms with Crippen LogP contribution in [0.2, 0.25) is 0 Å². The number of hydrogen-bond donors (Lipinski definition) is 3. The highest BCUT2D eigenvalue weighted by atomic mass is 16.3. The molecule has 0 unspecified atom stereocenters. The van der Waals surface area contributed by atoms with Crippen LogP contribution < -0.4 is 20.4 Å². The Morgan fingerprint density at radius 3 is 1.92 bits per heavy atom. The van der Waals surface area contributed by atoms with Crippen LogP contribution in [0.25, 0.3) is 10.8 Å². The monoisotopic (exact) mass is 523 g/mol. The van der Waals surface area contributed by atoms with E-state index in [4.69, 9.17) is 15.0 Å². The summed E-state index contributed by atoms with van der Waals surface area (Å²) >= 11 is 0. The highest BCUT2D eigenvalue weighted by Gasteiger charge is 2.21. The summed E-state index contributed by atoms with van der Waals surface area (Å²) in [4.78, 5) is 32.0. The molecule has 0 bridgehead atoms. The van der Waals surface area contributed by atoms with Crippen LogP contribution in [0.15, 0.2) is 60.7 Å². The number of rotatable bonds is 6. The third-order valence-corrected chi connectivity index (χ3v) is 7.42. The molecule has 0 atom stereocenters. The van der Waals surface area contributed by atoms with Crippen molar-refractivity contribution < 1.29 is 9.90 Å². The Labute approximate surface area is 227 Å². The van der Waals surface area contributed by atoms with Gasteiger partial charge < -0.3 is 25.5 Å². The second kappa shape index (κ2) is 11.1. The Morgan fingerprint density at radius 2 is 1.28 bits per heavy atom. The zero-order chi connectivity index (χ0) is 26.6. The lowest BCUT2D eigenvalue weighted by Crippen LogP contribution is -2.34. The smallest absolute Gasteiger partial charge is 0.260 e. The van der Waals surface area contributed by atoms with Gasteiger partial charge in [0.1, 0.15) is 5.75 Å². The summed E-state index contributed by atoms with van der Waals surface area (Å²) in [5, 5.41) is 18.2. The van der Waals surface area contributed by atoms with Gasteiger partial charge in [-0.15, -0.1) is 0 Å². The molecule has 3 heterocycles. The van der Waals surface area contributed by atoms with Crippen LogP contribution in [0.3, 0.4) is 0 Å². The molecule has 1 amide bonds. The molecule has 1 aromatic heterocycles. The van der Waals surface area contributed by atoms with Crippen molar-refractivity contribution in [2.24, 2.45) is 0 Å². The zero-order valence-electron chi connectivity index (χ0n) is 21.9. The Bertz CT molecular complexity index is 1430. The van der Waals surface area contributed by atoms with E-state index < -0.39 is 0 Å². The van der Waals surface area contributed by atoms with E-state index in [1.807, 2.05) is 48.5 Å². The lowest BCUT2D eigenvalue weighted by atomic mass is 10.0. The highest BCUT2D eigenvalue weighted by molar-refractivity contribution is 6.14. The molecule has 9 heteroatoms. The van der Waals surface area contributed by atoms with E-state index in [2.05, 4.69) is 20.4 Å². The van der Waals surface area contributed by atoms with Gasteiger partial charge in [0.25, 0.3) is 5.91 Å². The highest BCUT2D eigenvalue weighted by Crippen LogP contribution is 2.29. The van der Waals surface area contributed by atoms with Crippen molar-refractivity contribution in [1.82, 2.24) is 15.0 Å². The number of hydrogen-bond acceptors (Lipinski definition) is 8. The number of carbonyl (C=O) groups is 1. The average molecular weight is 524 g/mol. The largest absolute Gasteiger partial charge is 0.507 e. The number of fused-ring (bicyclic) bond motifs is 1. The molecule has 2 aliphatic heterocycles. The van der Waals surface area contributed by atoms with Crippen LogP contribution in [-0.4, -0.2) is 52.1 Å². The minimum atomic E-state index is -0.361. The fraction of sp³-hybridized carbons (Fsp3) is 0.333. The molecule has 0 radical (unpaired) electrons. The topological polar surface area (TPSA) is 107 Å². The first-order valence-electron chi connectivity index (χ1n) is 13.8. The summed E-state index contributed by atoms with van der Waals surface area (Å²) in [5.74, 6) is 1.56. The maximum Gasteiger partial charge on any atom is 0.260 e. The summed E-state index contributed by atoms with van der Waals surface area (Å²) < 4.78 is 0. The van der Waals surface area contributed by atoms with Crippen molar-refractivity contribution in [3.05, 3.63) is 66.2 Å². The molecule has 0 spiro atoms. The quantitative estimate of drug-likeness (QED) is 0.295. The Hall–Kier alpha value is -4.40. The molecule has 2 saturated heterocycles. The number of benzene rings is 3. The van der Waals surface area contributed by atoms with Gasteiger partial charge in [0.15, 0.2) is 0 Å². The number of aromatic nitrogens is 3. The first-order chi connectivity index (χ1) is 19.1. The lowest BCUT2D eigenvalue weighted by molar-refractivity contribution is 0.102. The normalized spacial score (nSPS) is 15.8. The molecule has 3 N–H and O–H groups in total. The summed E-state index contributed by atoms with van der Waals surface area (Å²) in [7, 11) is 0. The second-order valence-electron chi connectivity index (χ2n) is 10.2. The van der Waals surface area contributed by atoms with Crippen molar-refractivity contribution in [3.8, 4) is 5.75 Å². The molecular formula is C30H33N7O2. The number of carbonyl (C=O) groups excluding carboxylic acids is 1. The number of phenolic OH excluding ortho intramolecular Hbond substituents is 1. The molecule has 0 aliphatic carbocycles. The number of nitrogens with one attached hydrogen (secondary N) is 2. The molecule has 39 heavy (non-hydrogen) atoms.